The Morgan fingerprint density at radius 2 is 1.33 bits per heavy atom. The summed E-state index contributed by atoms with van der Waals surface area (Å²) in [6, 6.07) is 15.9. The zero-order valence-corrected chi connectivity index (χ0v) is 8.23. The maximum Gasteiger partial charge on any atom is 0.123 e. The first-order valence-corrected chi connectivity index (χ1v) is 4.83. The molecule has 0 aliphatic carbocycles. The molecule has 0 radical (unpaired) electrons. The van der Waals surface area contributed by atoms with Crippen molar-refractivity contribution in [2.75, 3.05) is 0 Å². The highest BCUT2D eigenvalue weighted by atomic mass is 19.1. The molecule has 0 saturated carbocycles. The fourth-order valence-electron chi connectivity index (χ4n) is 1.52. The number of hydrogen-bond acceptors (Lipinski definition) is 1. The van der Waals surface area contributed by atoms with Gasteiger partial charge in [0.05, 0.1) is 6.04 Å². The highest BCUT2D eigenvalue weighted by Gasteiger charge is 2.07. The molecule has 0 bridgehead atoms. The van der Waals surface area contributed by atoms with Crippen LogP contribution in [0.5, 0.6) is 0 Å². The van der Waals surface area contributed by atoms with Gasteiger partial charge in [-0.25, -0.2) is 4.39 Å². The first kappa shape index (κ1) is 9.87. The van der Waals surface area contributed by atoms with Crippen LogP contribution in [0.25, 0.3) is 0 Å². The Labute approximate surface area is 88.4 Å². The summed E-state index contributed by atoms with van der Waals surface area (Å²) in [7, 11) is 0. The van der Waals surface area contributed by atoms with Crippen LogP contribution in [-0.2, 0) is 0 Å². The summed E-state index contributed by atoms with van der Waals surface area (Å²) in [5.74, 6) is -0.237. The lowest BCUT2D eigenvalue weighted by Gasteiger charge is -2.11. The van der Waals surface area contributed by atoms with E-state index in [1.165, 1.54) is 12.1 Å². The summed E-state index contributed by atoms with van der Waals surface area (Å²) in [5.41, 5.74) is 7.99. The molecule has 0 amide bonds. The topological polar surface area (TPSA) is 26.0 Å². The fourth-order valence-corrected chi connectivity index (χ4v) is 1.52. The minimum atomic E-state index is -0.237. The number of rotatable bonds is 2. The van der Waals surface area contributed by atoms with Crippen LogP contribution in [0.2, 0.25) is 0 Å². The summed E-state index contributed by atoms with van der Waals surface area (Å²) in [6.45, 7) is 0. The molecule has 0 unspecified atom stereocenters. The Kier molecular flexibility index (Phi) is 2.79. The molecule has 0 saturated heterocycles. The van der Waals surface area contributed by atoms with Crippen molar-refractivity contribution in [3.63, 3.8) is 0 Å². The van der Waals surface area contributed by atoms with Gasteiger partial charge < -0.3 is 5.73 Å². The Morgan fingerprint density at radius 3 is 1.93 bits per heavy atom. The Morgan fingerprint density at radius 1 is 0.800 bits per heavy atom. The molecule has 2 N–H and O–H groups in total. The number of hydrogen-bond donors (Lipinski definition) is 1. The number of nitrogens with two attached hydrogens (primary N) is 1. The molecule has 2 heteroatoms. The van der Waals surface area contributed by atoms with E-state index < -0.39 is 0 Å². The third-order valence-electron chi connectivity index (χ3n) is 2.39. The van der Waals surface area contributed by atoms with Gasteiger partial charge in [0.15, 0.2) is 0 Å². The number of benzene rings is 2. The van der Waals surface area contributed by atoms with Crippen LogP contribution in [0.3, 0.4) is 0 Å². The van der Waals surface area contributed by atoms with Crippen molar-refractivity contribution in [1.82, 2.24) is 0 Å². The van der Waals surface area contributed by atoms with Crippen LogP contribution in [0.1, 0.15) is 17.2 Å². The van der Waals surface area contributed by atoms with E-state index in [9.17, 15) is 4.39 Å². The summed E-state index contributed by atoms with van der Waals surface area (Å²) in [5, 5.41) is 0. The Bertz CT molecular complexity index is 422. The van der Waals surface area contributed by atoms with Crippen molar-refractivity contribution in [1.29, 1.82) is 0 Å². The van der Waals surface area contributed by atoms with Gasteiger partial charge in [-0.1, -0.05) is 42.5 Å². The predicted molar refractivity (Wildman–Crippen MR) is 58.9 cm³/mol. The van der Waals surface area contributed by atoms with E-state index in [1.807, 2.05) is 30.3 Å². The van der Waals surface area contributed by atoms with Gasteiger partial charge in [-0.2, -0.15) is 0 Å². The SMILES string of the molecule is N[C@H](c1ccccc1)c1ccc(F)cc1. The van der Waals surface area contributed by atoms with Crippen molar-refractivity contribution >= 4 is 0 Å². The smallest absolute Gasteiger partial charge is 0.123 e. The molecule has 1 nitrogen and oxygen atoms in total. The molecule has 0 aromatic heterocycles. The maximum atomic E-state index is 12.7. The fraction of sp³-hybridized carbons (Fsp3) is 0.0769. The minimum Gasteiger partial charge on any atom is -0.320 e. The quantitative estimate of drug-likeness (QED) is 0.794. The first-order chi connectivity index (χ1) is 7.27. The van der Waals surface area contributed by atoms with E-state index in [0.29, 0.717) is 0 Å². The predicted octanol–water partition coefficient (Wildman–Crippen LogP) is 2.87. The highest BCUT2D eigenvalue weighted by molar-refractivity contribution is 5.31. The lowest BCUT2D eigenvalue weighted by molar-refractivity contribution is 0.626. The van der Waals surface area contributed by atoms with Gasteiger partial charge in [-0.3, -0.25) is 0 Å². The molecular weight excluding hydrogens is 189 g/mol. The Balaban J connectivity index is 2.29. The molecule has 2 aromatic rings. The van der Waals surface area contributed by atoms with Gasteiger partial charge in [0.2, 0.25) is 0 Å². The Hall–Kier alpha value is -1.67. The largest absolute Gasteiger partial charge is 0.320 e. The molecule has 0 heterocycles. The molecule has 0 aliphatic rings. The molecule has 1 atom stereocenters. The summed E-state index contributed by atoms with van der Waals surface area (Å²) in [4.78, 5) is 0. The standard InChI is InChI=1S/C13H12FN/c14-12-8-6-11(7-9-12)13(15)10-4-2-1-3-5-10/h1-9,13H,15H2/t13-/m1/s1. The molecule has 0 aliphatic heterocycles. The van der Waals surface area contributed by atoms with Gasteiger partial charge in [0, 0.05) is 0 Å². The van der Waals surface area contributed by atoms with E-state index in [-0.39, 0.29) is 11.9 Å². The van der Waals surface area contributed by atoms with Crippen molar-refractivity contribution in [2.45, 2.75) is 6.04 Å². The van der Waals surface area contributed by atoms with E-state index >= 15 is 0 Å². The van der Waals surface area contributed by atoms with Gasteiger partial charge in [0.1, 0.15) is 5.82 Å². The lowest BCUT2D eigenvalue weighted by atomic mass is 10.00. The summed E-state index contributed by atoms with van der Waals surface area (Å²) < 4.78 is 12.7. The van der Waals surface area contributed by atoms with Crippen LogP contribution in [0.4, 0.5) is 4.39 Å². The van der Waals surface area contributed by atoms with E-state index in [0.717, 1.165) is 11.1 Å². The average Bonchev–Trinajstić information content (AvgIpc) is 2.30. The van der Waals surface area contributed by atoms with E-state index in [1.54, 1.807) is 12.1 Å². The third-order valence-corrected chi connectivity index (χ3v) is 2.39. The summed E-state index contributed by atoms with van der Waals surface area (Å²) >= 11 is 0. The second-order valence-corrected chi connectivity index (χ2v) is 3.44. The second kappa shape index (κ2) is 4.24. The average molecular weight is 201 g/mol. The maximum absolute atomic E-state index is 12.7. The molecule has 2 rings (SSSR count). The zero-order valence-electron chi connectivity index (χ0n) is 8.23. The second-order valence-electron chi connectivity index (χ2n) is 3.44. The highest BCUT2D eigenvalue weighted by Crippen LogP contribution is 2.19. The summed E-state index contributed by atoms with van der Waals surface area (Å²) in [6.07, 6.45) is 0. The normalized spacial score (nSPS) is 12.4. The first-order valence-electron chi connectivity index (χ1n) is 4.83. The van der Waals surface area contributed by atoms with Gasteiger partial charge in [-0.05, 0) is 23.3 Å². The van der Waals surface area contributed by atoms with Crippen molar-refractivity contribution in [2.24, 2.45) is 5.73 Å². The minimum absolute atomic E-state index is 0.188. The van der Waals surface area contributed by atoms with E-state index in [4.69, 9.17) is 5.73 Å². The monoisotopic (exact) mass is 201 g/mol. The van der Waals surface area contributed by atoms with Crippen LogP contribution in [0.15, 0.2) is 54.6 Å². The lowest BCUT2D eigenvalue weighted by Crippen LogP contribution is -2.11. The molecular formula is C13H12FN. The number of halogens is 1. The van der Waals surface area contributed by atoms with Crippen molar-refractivity contribution in [3.8, 4) is 0 Å². The molecule has 76 valence electrons. The molecule has 0 spiro atoms. The van der Waals surface area contributed by atoms with Gasteiger partial charge in [0.25, 0.3) is 0 Å². The molecule has 15 heavy (non-hydrogen) atoms. The van der Waals surface area contributed by atoms with Crippen LogP contribution < -0.4 is 5.73 Å². The van der Waals surface area contributed by atoms with Gasteiger partial charge >= 0.3 is 0 Å². The van der Waals surface area contributed by atoms with Crippen LogP contribution in [0, 0.1) is 5.82 Å². The zero-order chi connectivity index (χ0) is 10.7. The van der Waals surface area contributed by atoms with Crippen LogP contribution in [-0.4, -0.2) is 0 Å². The molecule has 2 aromatic carbocycles. The van der Waals surface area contributed by atoms with Crippen molar-refractivity contribution in [3.05, 3.63) is 71.5 Å². The third kappa shape index (κ3) is 2.22. The van der Waals surface area contributed by atoms with Gasteiger partial charge in [-0.15, -0.1) is 0 Å². The van der Waals surface area contributed by atoms with Crippen molar-refractivity contribution < 1.29 is 4.39 Å². The molecule has 0 fully saturated rings. The van der Waals surface area contributed by atoms with Crippen LogP contribution >= 0.6 is 0 Å². The van der Waals surface area contributed by atoms with E-state index in [2.05, 4.69) is 0 Å².